The van der Waals surface area contributed by atoms with Gasteiger partial charge in [0.25, 0.3) is 5.91 Å². The first-order chi connectivity index (χ1) is 16.1. The number of fused-ring (bicyclic) bond motifs is 2. The van der Waals surface area contributed by atoms with E-state index in [0.29, 0.717) is 35.4 Å². The molecule has 1 aromatic heterocycles. The second-order valence-corrected chi connectivity index (χ2v) is 8.16. The SMILES string of the molecule is C=CCOc1ccc(C2c3c(oc4ccccc4c3=O)C(=O)N2Cc2ccc(C)cc2)cc1. The summed E-state index contributed by atoms with van der Waals surface area (Å²) in [5.74, 6) is 0.520. The molecule has 0 bridgehead atoms. The molecule has 0 N–H and O–H groups in total. The summed E-state index contributed by atoms with van der Waals surface area (Å²) in [6.45, 7) is 6.45. The van der Waals surface area contributed by atoms with Gasteiger partial charge in [0, 0.05) is 6.54 Å². The van der Waals surface area contributed by atoms with Crippen LogP contribution in [0, 0.1) is 6.92 Å². The van der Waals surface area contributed by atoms with Crippen molar-refractivity contribution in [3.63, 3.8) is 0 Å². The molecular weight excluding hydrogens is 414 g/mol. The van der Waals surface area contributed by atoms with Gasteiger partial charge in [-0.3, -0.25) is 9.59 Å². The molecule has 0 saturated heterocycles. The van der Waals surface area contributed by atoms with Gasteiger partial charge >= 0.3 is 0 Å². The smallest absolute Gasteiger partial charge is 0.291 e. The fourth-order valence-corrected chi connectivity index (χ4v) is 4.27. The Bertz CT molecular complexity index is 1400. The first-order valence-corrected chi connectivity index (χ1v) is 10.8. The molecule has 1 aliphatic rings. The van der Waals surface area contributed by atoms with Crippen LogP contribution in [0.25, 0.3) is 11.0 Å². The van der Waals surface area contributed by atoms with Crippen LogP contribution < -0.4 is 10.2 Å². The lowest BCUT2D eigenvalue weighted by Crippen LogP contribution is -2.29. The zero-order valence-electron chi connectivity index (χ0n) is 18.3. The molecule has 0 saturated carbocycles. The highest BCUT2D eigenvalue weighted by Crippen LogP contribution is 2.39. The van der Waals surface area contributed by atoms with Gasteiger partial charge in [-0.15, -0.1) is 0 Å². The molecule has 0 spiro atoms. The predicted octanol–water partition coefficient (Wildman–Crippen LogP) is 5.41. The number of nitrogens with zero attached hydrogens (tertiary/aromatic N) is 1. The van der Waals surface area contributed by atoms with Crippen molar-refractivity contribution in [1.82, 2.24) is 4.90 Å². The van der Waals surface area contributed by atoms with E-state index in [1.54, 1.807) is 35.2 Å². The molecule has 0 radical (unpaired) electrons. The number of carbonyl (C=O) groups excluding carboxylic acids is 1. The molecule has 0 fully saturated rings. The minimum atomic E-state index is -0.553. The number of hydrogen-bond acceptors (Lipinski definition) is 4. The lowest BCUT2D eigenvalue weighted by molar-refractivity contribution is 0.0714. The highest BCUT2D eigenvalue weighted by atomic mass is 16.5. The summed E-state index contributed by atoms with van der Waals surface area (Å²) in [7, 11) is 0. The molecule has 33 heavy (non-hydrogen) atoms. The van der Waals surface area contributed by atoms with Gasteiger partial charge in [-0.2, -0.15) is 0 Å². The zero-order chi connectivity index (χ0) is 22.9. The average molecular weight is 437 g/mol. The fraction of sp³-hybridized carbons (Fsp3) is 0.143. The van der Waals surface area contributed by atoms with Crippen molar-refractivity contribution in [2.24, 2.45) is 0 Å². The van der Waals surface area contributed by atoms with Gasteiger partial charge in [0.1, 0.15) is 17.9 Å². The van der Waals surface area contributed by atoms with Gasteiger partial charge < -0.3 is 14.1 Å². The van der Waals surface area contributed by atoms with Crippen molar-refractivity contribution in [3.05, 3.63) is 124 Å². The monoisotopic (exact) mass is 437 g/mol. The Morgan fingerprint density at radius 2 is 1.73 bits per heavy atom. The normalized spacial score (nSPS) is 15.0. The van der Waals surface area contributed by atoms with Crippen molar-refractivity contribution >= 4 is 16.9 Å². The molecule has 1 unspecified atom stereocenters. The fourth-order valence-electron chi connectivity index (χ4n) is 4.27. The lowest BCUT2D eigenvalue weighted by Gasteiger charge is -2.25. The van der Waals surface area contributed by atoms with Crippen LogP contribution in [0.1, 0.15) is 38.9 Å². The van der Waals surface area contributed by atoms with Crippen LogP contribution in [0.2, 0.25) is 0 Å². The van der Waals surface area contributed by atoms with Crippen molar-refractivity contribution in [2.45, 2.75) is 19.5 Å². The van der Waals surface area contributed by atoms with Crippen LogP contribution in [0.5, 0.6) is 5.75 Å². The second-order valence-electron chi connectivity index (χ2n) is 8.16. The minimum Gasteiger partial charge on any atom is -0.490 e. The molecule has 164 valence electrons. The Morgan fingerprint density at radius 3 is 2.45 bits per heavy atom. The number of aryl methyl sites for hydroxylation is 1. The van der Waals surface area contributed by atoms with E-state index in [1.807, 2.05) is 55.5 Å². The third-order valence-corrected chi connectivity index (χ3v) is 5.91. The van der Waals surface area contributed by atoms with E-state index in [9.17, 15) is 9.59 Å². The lowest BCUT2D eigenvalue weighted by atomic mass is 9.98. The van der Waals surface area contributed by atoms with E-state index in [-0.39, 0.29) is 17.1 Å². The maximum atomic E-state index is 13.5. The molecule has 5 heteroatoms. The molecule has 0 aliphatic carbocycles. The number of hydrogen-bond donors (Lipinski definition) is 0. The number of para-hydroxylation sites is 1. The molecule has 5 nitrogen and oxygen atoms in total. The van der Waals surface area contributed by atoms with Crippen LogP contribution in [0.15, 0.2) is 94.7 Å². The van der Waals surface area contributed by atoms with Crippen LogP contribution in [-0.2, 0) is 6.54 Å². The molecule has 2 heterocycles. The topological polar surface area (TPSA) is 59.8 Å². The standard InChI is InChI=1S/C28H23NO4/c1-3-16-32-21-14-12-20(13-15-21)25-24-26(30)22-6-4-5-7-23(22)33-27(24)28(31)29(25)17-19-10-8-18(2)9-11-19/h3-15,25H,1,16-17H2,2H3. The minimum absolute atomic E-state index is 0.114. The van der Waals surface area contributed by atoms with E-state index in [0.717, 1.165) is 16.7 Å². The van der Waals surface area contributed by atoms with Crippen LogP contribution in [-0.4, -0.2) is 17.4 Å². The largest absolute Gasteiger partial charge is 0.490 e. The summed E-state index contributed by atoms with van der Waals surface area (Å²) >= 11 is 0. The summed E-state index contributed by atoms with van der Waals surface area (Å²) in [6, 6.07) is 22.0. The number of amides is 1. The Morgan fingerprint density at radius 1 is 1.00 bits per heavy atom. The zero-order valence-corrected chi connectivity index (χ0v) is 18.3. The predicted molar refractivity (Wildman–Crippen MR) is 128 cm³/mol. The molecule has 3 aromatic carbocycles. The summed E-state index contributed by atoms with van der Waals surface area (Å²) < 4.78 is 11.6. The van der Waals surface area contributed by atoms with E-state index in [4.69, 9.17) is 9.15 Å². The van der Waals surface area contributed by atoms with Gasteiger partial charge in [0.15, 0.2) is 5.43 Å². The van der Waals surface area contributed by atoms with Crippen molar-refractivity contribution in [1.29, 1.82) is 0 Å². The van der Waals surface area contributed by atoms with Crippen LogP contribution in [0.3, 0.4) is 0 Å². The average Bonchev–Trinajstić information content (AvgIpc) is 3.11. The summed E-state index contributed by atoms with van der Waals surface area (Å²) in [5.41, 5.74) is 3.56. The van der Waals surface area contributed by atoms with Crippen LogP contribution >= 0.6 is 0 Å². The Balaban J connectivity index is 1.64. The number of ether oxygens (including phenoxy) is 1. The number of rotatable bonds is 6. The van der Waals surface area contributed by atoms with Crippen LogP contribution in [0.4, 0.5) is 0 Å². The molecule has 4 aromatic rings. The Kier molecular flexibility index (Phi) is 5.31. The first kappa shape index (κ1) is 20.8. The van der Waals surface area contributed by atoms with Gasteiger partial charge in [-0.25, -0.2) is 0 Å². The Labute approximate surface area is 191 Å². The quantitative estimate of drug-likeness (QED) is 0.378. The second kappa shape index (κ2) is 8.43. The van der Waals surface area contributed by atoms with E-state index in [2.05, 4.69) is 6.58 Å². The maximum Gasteiger partial charge on any atom is 0.291 e. The summed E-state index contributed by atoms with van der Waals surface area (Å²) in [5, 5.41) is 0.470. The maximum absolute atomic E-state index is 13.5. The Hall–Kier alpha value is -4.12. The molecular formula is C28H23NO4. The molecule has 1 amide bonds. The molecule has 1 atom stereocenters. The highest BCUT2D eigenvalue weighted by Gasteiger charge is 2.42. The van der Waals surface area contributed by atoms with E-state index < -0.39 is 6.04 Å². The highest BCUT2D eigenvalue weighted by molar-refractivity contribution is 5.99. The van der Waals surface area contributed by atoms with Gasteiger partial charge in [0.2, 0.25) is 5.76 Å². The van der Waals surface area contributed by atoms with E-state index >= 15 is 0 Å². The van der Waals surface area contributed by atoms with Crippen molar-refractivity contribution in [3.8, 4) is 5.75 Å². The van der Waals surface area contributed by atoms with Gasteiger partial charge in [-0.05, 0) is 42.3 Å². The van der Waals surface area contributed by atoms with Gasteiger partial charge in [0.05, 0.1) is 17.0 Å². The third-order valence-electron chi connectivity index (χ3n) is 5.91. The summed E-state index contributed by atoms with van der Waals surface area (Å²) in [4.78, 5) is 28.7. The molecule has 5 rings (SSSR count). The number of carbonyl (C=O) groups is 1. The third kappa shape index (κ3) is 3.72. The van der Waals surface area contributed by atoms with E-state index in [1.165, 1.54) is 0 Å². The van der Waals surface area contributed by atoms with Gasteiger partial charge in [-0.1, -0.05) is 66.7 Å². The van der Waals surface area contributed by atoms with Crippen molar-refractivity contribution in [2.75, 3.05) is 6.61 Å². The summed E-state index contributed by atoms with van der Waals surface area (Å²) in [6.07, 6.45) is 1.68. The first-order valence-electron chi connectivity index (χ1n) is 10.8. The number of benzene rings is 3. The van der Waals surface area contributed by atoms with Crippen molar-refractivity contribution < 1.29 is 13.9 Å². The molecule has 1 aliphatic heterocycles.